The first-order valence-electron chi connectivity index (χ1n) is 8.75. The summed E-state index contributed by atoms with van der Waals surface area (Å²) in [7, 11) is -2.15. The van der Waals surface area contributed by atoms with Crippen molar-refractivity contribution in [2.75, 3.05) is 33.3 Å². The van der Waals surface area contributed by atoms with Crippen molar-refractivity contribution in [1.29, 1.82) is 0 Å². The summed E-state index contributed by atoms with van der Waals surface area (Å²) >= 11 is 0. The largest absolute Gasteiger partial charge is 0.497 e. The third-order valence-corrected chi connectivity index (χ3v) is 6.82. The number of aromatic amines is 1. The molecule has 1 aliphatic heterocycles. The first-order valence-corrected chi connectivity index (χ1v) is 10.2. The Hall–Kier alpha value is -2.72. The van der Waals surface area contributed by atoms with Crippen LogP contribution in [-0.4, -0.2) is 67.0 Å². The van der Waals surface area contributed by atoms with Crippen molar-refractivity contribution in [1.82, 2.24) is 19.4 Å². The van der Waals surface area contributed by atoms with Crippen LogP contribution >= 0.6 is 0 Å². The zero-order valence-corrected chi connectivity index (χ0v) is 16.7. The molecule has 2 heterocycles. The normalized spacial score (nSPS) is 15.5. The molecule has 2 aromatic rings. The van der Waals surface area contributed by atoms with Crippen LogP contribution in [0.25, 0.3) is 0 Å². The third-order valence-electron chi connectivity index (χ3n) is 4.91. The van der Waals surface area contributed by atoms with Gasteiger partial charge in [0, 0.05) is 26.2 Å². The standard InChI is InChI=1S/C18H22N4O5S/c1-12-13(2)19-20-17(23)16(12)18(24)21-8-10-22(11-9-21)28(25,26)15-6-4-14(27-3)5-7-15/h4-7H,8-11H2,1-3H3,(H,20,23). The van der Waals surface area contributed by atoms with Gasteiger partial charge >= 0.3 is 0 Å². The lowest BCUT2D eigenvalue weighted by Gasteiger charge is -2.34. The van der Waals surface area contributed by atoms with Crippen molar-refractivity contribution in [2.45, 2.75) is 18.7 Å². The van der Waals surface area contributed by atoms with Crippen molar-refractivity contribution in [3.63, 3.8) is 0 Å². The molecule has 1 N–H and O–H groups in total. The van der Waals surface area contributed by atoms with Gasteiger partial charge in [-0.1, -0.05) is 0 Å². The van der Waals surface area contributed by atoms with E-state index in [9.17, 15) is 18.0 Å². The van der Waals surface area contributed by atoms with Crippen LogP contribution in [0.2, 0.25) is 0 Å². The Kier molecular flexibility index (Phi) is 5.52. The van der Waals surface area contributed by atoms with Crippen LogP contribution in [0.15, 0.2) is 34.0 Å². The quantitative estimate of drug-likeness (QED) is 0.793. The number of ether oxygens (including phenoxy) is 1. The highest BCUT2D eigenvalue weighted by atomic mass is 32.2. The summed E-state index contributed by atoms with van der Waals surface area (Å²) in [5.41, 5.74) is 0.617. The zero-order valence-electron chi connectivity index (χ0n) is 15.9. The van der Waals surface area contributed by atoms with Gasteiger partial charge in [-0.05, 0) is 43.7 Å². The molecule has 150 valence electrons. The molecule has 1 aromatic carbocycles. The zero-order chi connectivity index (χ0) is 20.5. The Balaban J connectivity index is 1.74. The average Bonchev–Trinajstić information content (AvgIpc) is 2.71. The van der Waals surface area contributed by atoms with Crippen LogP contribution in [0.4, 0.5) is 0 Å². The van der Waals surface area contributed by atoms with Gasteiger partial charge in [-0.15, -0.1) is 0 Å². The SMILES string of the molecule is COc1ccc(S(=O)(=O)N2CCN(C(=O)c3c(C)c(C)n[nH]c3=O)CC2)cc1. The molecule has 1 fully saturated rings. The molecule has 0 unspecified atom stereocenters. The molecule has 0 bridgehead atoms. The van der Waals surface area contributed by atoms with Crippen LogP contribution in [0.1, 0.15) is 21.6 Å². The highest BCUT2D eigenvalue weighted by Crippen LogP contribution is 2.21. The minimum Gasteiger partial charge on any atom is -0.497 e. The van der Waals surface area contributed by atoms with E-state index in [4.69, 9.17) is 4.74 Å². The van der Waals surface area contributed by atoms with Gasteiger partial charge in [0.25, 0.3) is 11.5 Å². The van der Waals surface area contributed by atoms with E-state index >= 15 is 0 Å². The summed E-state index contributed by atoms with van der Waals surface area (Å²) in [5, 5.41) is 6.18. The fraction of sp³-hybridized carbons (Fsp3) is 0.389. The van der Waals surface area contributed by atoms with E-state index in [1.54, 1.807) is 26.0 Å². The van der Waals surface area contributed by atoms with E-state index in [1.807, 2.05) is 0 Å². The summed E-state index contributed by atoms with van der Waals surface area (Å²) < 4.78 is 32.0. The van der Waals surface area contributed by atoms with Crippen molar-refractivity contribution in [3.05, 3.63) is 51.4 Å². The molecule has 1 saturated heterocycles. The van der Waals surface area contributed by atoms with Gasteiger partial charge < -0.3 is 9.64 Å². The molecule has 0 spiro atoms. The van der Waals surface area contributed by atoms with E-state index < -0.39 is 21.5 Å². The molecule has 0 radical (unpaired) electrons. The predicted molar refractivity (Wildman–Crippen MR) is 102 cm³/mol. The molecule has 1 amide bonds. The molecular formula is C18H22N4O5S. The van der Waals surface area contributed by atoms with Gasteiger partial charge in [0.2, 0.25) is 10.0 Å². The fourth-order valence-corrected chi connectivity index (χ4v) is 4.49. The average molecular weight is 406 g/mol. The van der Waals surface area contributed by atoms with E-state index in [0.717, 1.165) is 0 Å². The Morgan fingerprint density at radius 1 is 1.11 bits per heavy atom. The lowest BCUT2D eigenvalue weighted by molar-refractivity contribution is 0.0695. The highest BCUT2D eigenvalue weighted by molar-refractivity contribution is 7.89. The molecule has 0 saturated carbocycles. The molecule has 1 aliphatic rings. The van der Waals surface area contributed by atoms with Crippen molar-refractivity contribution in [2.24, 2.45) is 0 Å². The number of amides is 1. The van der Waals surface area contributed by atoms with E-state index in [2.05, 4.69) is 10.2 Å². The molecule has 0 atom stereocenters. The first kappa shape index (κ1) is 20.0. The second kappa shape index (κ2) is 7.72. The number of sulfonamides is 1. The minimum atomic E-state index is -3.66. The third kappa shape index (κ3) is 3.65. The van der Waals surface area contributed by atoms with Crippen LogP contribution < -0.4 is 10.3 Å². The predicted octanol–water partition coefficient (Wildman–Crippen LogP) is 0.542. The Labute approximate surface area is 163 Å². The maximum absolute atomic E-state index is 12.8. The molecule has 3 rings (SSSR count). The Morgan fingerprint density at radius 2 is 1.71 bits per heavy atom. The van der Waals surface area contributed by atoms with Gasteiger partial charge in [0.15, 0.2) is 0 Å². The summed E-state index contributed by atoms with van der Waals surface area (Å²) in [6.07, 6.45) is 0. The first-order chi connectivity index (χ1) is 13.3. The van der Waals surface area contributed by atoms with Gasteiger partial charge in [-0.2, -0.15) is 9.40 Å². The van der Waals surface area contributed by atoms with Crippen molar-refractivity contribution >= 4 is 15.9 Å². The number of carbonyl (C=O) groups is 1. The number of rotatable bonds is 4. The minimum absolute atomic E-state index is 0.0546. The number of hydrogen-bond donors (Lipinski definition) is 1. The maximum atomic E-state index is 12.8. The number of nitrogens with zero attached hydrogens (tertiary/aromatic N) is 3. The lowest BCUT2D eigenvalue weighted by Crippen LogP contribution is -2.51. The number of aromatic nitrogens is 2. The monoisotopic (exact) mass is 406 g/mol. The molecule has 9 nitrogen and oxygen atoms in total. The van der Waals surface area contributed by atoms with Gasteiger partial charge in [0.05, 0.1) is 17.7 Å². The highest BCUT2D eigenvalue weighted by Gasteiger charge is 2.31. The summed E-state index contributed by atoms with van der Waals surface area (Å²) in [4.78, 5) is 26.5. The van der Waals surface area contributed by atoms with E-state index in [1.165, 1.54) is 28.4 Å². The number of H-pyrrole nitrogens is 1. The summed E-state index contributed by atoms with van der Waals surface area (Å²) in [5.74, 6) is 0.161. The molecule has 10 heteroatoms. The fourth-order valence-electron chi connectivity index (χ4n) is 3.07. The number of hydrogen-bond acceptors (Lipinski definition) is 6. The Bertz CT molecular complexity index is 1040. The number of nitrogens with one attached hydrogen (secondary N) is 1. The number of aryl methyl sites for hydroxylation is 1. The van der Waals surface area contributed by atoms with Crippen LogP contribution in [0, 0.1) is 13.8 Å². The lowest BCUT2D eigenvalue weighted by atomic mass is 10.1. The van der Waals surface area contributed by atoms with Gasteiger partial charge in [-0.3, -0.25) is 9.59 Å². The van der Waals surface area contributed by atoms with Crippen LogP contribution in [0.5, 0.6) is 5.75 Å². The molecular weight excluding hydrogens is 384 g/mol. The molecule has 0 aliphatic carbocycles. The van der Waals surface area contributed by atoms with Gasteiger partial charge in [0.1, 0.15) is 11.3 Å². The van der Waals surface area contributed by atoms with Crippen LogP contribution in [-0.2, 0) is 10.0 Å². The van der Waals surface area contributed by atoms with Crippen LogP contribution in [0.3, 0.4) is 0 Å². The van der Waals surface area contributed by atoms with Crippen molar-refractivity contribution < 1.29 is 17.9 Å². The number of benzene rings is 1. The number of piperazine rings is 1. The smallest absolute Gasteiger partial charge is 0.277 e. The molecule has 1 aromatic heterocycles. The summed E-state index contributed by atoms with van der Waals surface area (Å²) in [6, 6.07) is 6.17. The number of carbonyl (C=O) groups excluding carboxylic acids is 1. The number of methoxy groups -OCH3 is 1. The topological polar surface area (TPSA) is 113 Å². The molecule has 28 heavy (non-hydrogen) atoms. The Morgan fingerprint density at radius 3 is 2.29 bits per heavy atom. The van der Waals surface area contributed by atoms with E-state index in [-0.39, 0.29) is 36.6 Å². The van der Waals surface area contributed by atoms with E-state index in [0.29, 0.717) is 17.0 Å². The van der Waals surface area contributed by atoms with Gasteiger partial charge in [-0.25, -0.2) is 13.5 Å². The second-order valence-electron chi connectivity index (χ2n) is 6.51. The second-order valence-corrected chi connectivity index (χ2v) is 8.45. The maximum Gasteiger partial charge on any atom is 0.277 e. The van der Waals surface area contributed by atoms with Crippen molar-refractivity contribution in [3.8, 4) is 5.75 Å². The summed E-state index contributed by atoms with van der Waals surface area (Å²) in [6.45, 7) is 4.10.